The van der Waals surface area contributed by atoms with Gasteiger partial charge in [0, 0.05) is 17.5 Å². The number of pyridine rings is 1. The van der Waals surface area contributed by atoms with Gasteiger partial charge in [-0.05, 0) is 38.2 Å². The molecular weight excluding hydrogens is 232 g/mol. The molecule has 1 saturated heterocycles. The molecule has 0 spiro atoms. The number of ether oxygens (including phenoxy) is 1. The van der Waals surface area contributed by atoms with E-state index >= 15 is 0 Å². The lowest BCUT2D eigenvalue weighted by Gasteiger charge is -2.20. The van der Waals surface area contributed by atoms with Crippen molar-refractivity contribution >= 4 is 17.4 Å². The van der Waals surface area contributed by atoms with Crippen LogP contribution in [0, 0.1) is 0 Å². The summed E-state index contributed by atoms with van der Waals surface area (Å²) in [4.78, 5) is 4.29. The predicted octanol–water partition coefficient (Wildman–Crippen LogP) is 3.17. The maximum atomic E-state index is 5.71. The fourth-order valence-corrected chi connectivity index (χ4v) is 3.14. The minimum absolute atomic E-state index is 0.154. The van der Waals surface area contributed by atoms with Gasteiger partial charge in [-0.25, -0.2) is 4.98 Å². The molecule has 2 heterocycles. The van der Waals surface area contributed by atoms with Gasteiger partial charge in [-0.2, -0.15) is 11.8 Å². The first kappa shape index (κ1) is 12.6. The highest BCUT2D eigenvalue weighted by molar-refractivity contribution is 8.00. The van der Waals surface area contributed by atoms with Crippen molar-refractivity contribution in [1.29, 1.82) is 0 Å². The van der Waals surface area contributed by atoms with Crippen LogP contribution in [0.4, 0.5) is 5.69 Å². The van der Waals surface area contributed by atoms with Crippen LogP contribution < -0.4 is 10.1 Å². The van der Waals surface area contributed by atoms with E-state index in [2.05, 4.69) is 17.2 Å². The summed E-state index contributed by atoms with van der Waals surface area (Å²) in [5, 5.41) is 4.21. The summed E-state index contributed by atoms with van der Waals surface area (Å²) in [6.07, 6.45) is 3.14. The monoisotopic (exact) mass is 252 g/mol. The Morgan fingerprint density at radius 1 is 1.53 bits per heavy atom. The fraction of sp³-hybridized carbons (Fsp3) is 0.615. The molecule has 0 aromatic carbocycles. The number of hydrogen-bond donors (Lipinski definition) is 1. The lowest BCUT2D eigenvalue weighted by molar-refractivity contribution is 0.234. The third-order valence-electron chi connectivity index (χ3n) is 2.84. The van der Waals surface area contributed by atoms with E-state index < -0.39 is 0 Å². The molecule has 2 unspecified atom stereocenters. The summed E-state index contributed by atoms with van der Waals surface area (Å²) in [6, 6.07) is 4.52. The SMILES string of the molecule is CC(C)Oc1ncccc1NC1CCSC1C. The van der Waals surface area contributed by atoms with Gasteiger partial charge >= 0.3 is 0 Å². The smallest absolute Gasteiger partial charge is 0.237 e. The zero-order valence-electron chi connectivity index (χ0n) is 10.6. The molecule has 1 aromatic heterocycles. The third-order valence-corrected chi connectivity index (χ3v) is 4.16. The van der Waals surface area contributed by atoms with Crippen molar-refractivity contribution < 1.29 is 4.74 Å². The number of hydrogen-bond acceptors (Lipinski definition) is 4. The second kappa shape index (κ2) is 5.63. The molecule has 2 rings (SSSR count). The quantitative estimate of drug-likeness (QED) is 0.892. The molecule has 3 nitrogen and oxygen atoms in total. The molecule has 1 aliphatic rings. The maximum Gasteiger partial charge on any atom is 0.237 e. The van der Waals surface area contributed by atoms with Crippen molar-refractivity contribution in [3.8, 4) is 5.88 Å². The molecule has 1 fully saturated rings. The van der Waals surface area contributed by atoms with Crippen molar-refractivity contribution in [1.82, 2.24) is 4.98 Å². The van der Waals surface area contributed by atoms with Gasteiger partial charge in [0.1, 0.15) is 0 Å². The Labute approximate surface area is 107 Å². The Balaban J connectivity index is 2.09. The normalized spacial score (nSPS) is 24.0. The molecule has 1 aromatic rings. The number of nitrogens with zero attached hydrogens (tertiary/aromatic N) is 1. The highest BCUT2D eigenvalue weighted by atomic mass is 32.2. The highest BCUT2D eigenvalue weighted by Crippen LogP contribution is 2.31. The lowest BCUT2D eigenvalue weighted by Crippen LogP contribution is -2.25. The topological polar surface area (TPSA) is 34.1 Å². The molecule has 2 atom stereocenters. The van der Waals surface area contributed by atoms with Crippen LogP contribution in [0.15, 0.2) is 18.3 Å². The number of thioether (sulfide) groups is 1. The first-order valence-corrected chi connectivity index (χ1v) is 7.21. The van der Waals surface area contributed by atoms with Gasteiger partial charge in [0.05, 0.1) is 11.8 Å². The van der Waals surface area contributed by atoms with E-state index in [1.165, 1.54) is 12.2 Å². The van der Waals surface area contributed by atoms with Crippen LogP contribution in [0.5, 0.6) is 5.88 Å². The van der Waals surface area contributed by atoms with E-state index in [1.54, 1.807) is 6.20 Å². The largest absolute Gasteiger partial charge is 0.473 e. The molecule has 4 heteroatoms. The zero-order valence-corrected chi connectivity index (χ0v) is 11.5. The van der Waals surface area contributed by atoms with Crippen molar-refractivity contribution in [3.63, 3.8) is 0 Å². The van der Waals surface area contributed by atoms with E-state index in [0.717, 1.165) is 5.69 Å². The minimum atomic E-state index is 0.154. The fourth-order valence-electron chi connectivity index (χ4n) is 1.94. The van der Waals surface area contributed by atoms with Gasteiger partial charge < -0.3 is 10.1 Å². The van der Waals surface area contributed by atoms with Crippen molar-refractivity contribution in [2.75, 3.05) is 11.1 Å². The Kier molecular flexibility index (Phi) is 4.15. The molecule has 94 valence electrons. The van der Waals surface area contributed by atoms with E-state index in [-0.39, 0.29) is 6.10 Å². The second-order valence-electron chi connectivity index (χ2n) is 4.64. The van der Waals surface area contributed by atoms with Crippen LogP contribution in [0.2, 0.25) is 0 Å². The van der Waals surface area contributed by atoms with Crippen molar-refractivity contribution in [3.05, 3.63) is 18.3 Å². The maximum absolute atomic E-state index is 5.71. The molecule has 17 heavy (non-hydrogen) atoms. The number of nitrogens with one attached hydrogen (secondary N) is 1. The molecule has 1 N–H and O–H groups in total. The van der Waals surface area contributed by atoms with Crippen LogP contribution in [0.1, 0.15) is 27.2 Å². The molecule has 0 bridgehead atoms. The molecule has 0 saturated carbocycles. The Morgan fingerprint density at radius 2 is 2.35 bits per heavy atom. The van der Waals surface area contributed by atoms with E-state index in [1.807, 2.05) is 37.7 Å². The second-order valence-corrected chi connectivity index (χ2v) is 6.12. The first-order valence-electron chi connectivity index (χ1n) is 6.16. The molecule has 0 aliphatic carbocycles. The molecular formula is C13H20N2OS. The average molecular weight is 252 g/mol. The van der Waals surface area contributed by atoms with Crippen LogP contribution in [0.25, 0.3) is 0 Å². The Hall–Kier alpha value is -0.900. The van der Waals surface area contributed by atoms with Gasteiger partial charge in [-0.3, -0.25) is 0 Å². The van der Waals surface area contributed by atoms with Gasteiger partial charge in [-0.15, -0.1) is 0 Å². The van der Waals surface area contributed by atoms with Crippen LogP contribution in [0.3, 0.4) is 0 Å². The first-order chi connectivity index (χ1) is 8.16. The number of anilines is 1. The van der Waals surface area contributed by atoms with Gasteiger partial charge in [0.25, 0.3) is 0 Å². The molecule has 0 radical (unpaired) electrons. The standard InChI is InChI=1S/C13H20N2OS/c1-9(2)16-13-12(5-4-7-14-13)15-11-6-8-17-10(11)3/h4-5,7,9-11,15H,6,8H2,1-3H3. The number of aromatic nitrogens is 1. The van der Waals surface area contributed by atoms with Crippen LogP contribution in [-0.2, 0) is 0 Å². The van der Waals surface area contributed by atoms with E-state index in [0.29, 0.717) is 17.2 Å². The van der Waals surface area contributed by atoms with Crippen molar-refractivity contribution in [2.24, 2.45) is 0 Å². The van der Waals surface area contributed by atoms with E-state index in [9.17, 15) is 0 Å². The van der Waals surface area contributed by atoms with Gasteiger partial charge in [-0.1, -0.05) is 6.92 Å². The average Bonchev–Trinajstić information content (AvgIpc) is 2.67. The van der Waals surface area contributed by atoms with Gasteiger partial charge in [0.15, 0.2) is 0 Å². The Bertz CT molecular complexity index is 370. The van der Waals surface area contributed by atoms with Gasteiger partial charge in [0.2, 0.25) is 5.88 Å². The molecule has 0 amide bonds. The summed E-state index contributed by atoms with van der Waals surface area (Å²) in [6.45, 7) is 6.31. The number of rotatable bonds is 4. The van der Waals surface area contributed by atoms with Crippen LogP contribution >= 0.6 is 11.8 Å². The highest BCUT2D eigenvalue weighted by Gasteiger charge is 2.24. The Morgan fingerprint density at radius 3 is 3.00 bits per heavy atom. The lowest BCUT2D eigenvalue weighted by atomic mass is 10.1. The summed E-state index contributed by atoms with van der Waals surface area (Å²) in [5.41, 5.74) is 1.01. The minimum Gasteiger partial charge on any atom is -0.473 e. The third kappa shape index (κ3) is 3.28. The summed E-state index contributed by atoms with van der Waals surface area (Å²) < 4.78 is 5.71. The van der Waals surface area contributed by atoms with E-state index in [4.69, 9.17) is 4.74 Å². The predicted molar refractivity (Wildman–Crippen MR) is 73.9 cm³/mol. The molecule has 1 aliphatic heterocycles. The summed E-state index contributed by atoms with van der Waals surface area (Å²) in [7, 11) is 0. The van der Waals surface area contributed by atoms with Crippen LogP contribution in [-0.4, -0.2) is 28.1 Å². The van der Waals surface area contributed by atoms with Crippen molar-refractivity contribution in [2.45, 2.75) is 44.6 Å². The summed E-state index contributed by atoms with van der Waals surface area (Å²) in [5.74, 6) is 1.95. The summed E-state index contributed by atoms with van der Waals surface area (Å²) >= 11 is 2.02. The zero-order chi connectivity index (χ0) is 12.3.